The highest BCUT2D eigenvalue weighted by Gasteiger charge is 2.08. The first kappa shape index (κ1) is 10.3. The molecular weight excluding hydrogens is 215 g/mol. The topological polar surface area (TPSA) is 38.9 Å². The number of rotatable bonds is 1. The number of hydrogen-bond donors (Lipinski definition) is 1. The van der Waals surface area contributed by atoms with Crippen molar-refractivity contribution in [1.29, 1.82) is 0 Å². The Kier molecular flexibility index (Phi) is 2.59. The summed E-state index contributed by atoms with van der Waals surface area (Å²) in [7, 11) is 0. The molecule has 0 fully saturated rings. The maximum absolute atomic E-state index is 13.6. The molecule has 1 heterocycles. The maximum Gasteiger partial charge on any atom is 0.149 e. The number of fused-ring (bicyclic) bond motifs is 1. The average molecular weight is 225 g/mol. The van der Waals surface area contributed by atoms with E-state index in [1.807, 2.05) is 0 Å². The number of aryl methyl sites for hydroxylation is 1. The van der Waals surface area contributed by atoms with Gasteiger partial charge in [-0.2, -0.15) is 0 Å². The van der Waals surface area contributed by atoms with Crippen LogP contribution in [0.5, 0.6) is 0 Å². The lowest BCUT2D eigenvalue weighted by molar-refractivity contribution is 0.634. The van der Waals surface area contributed by atoms with Crippen molar-refractivity contribution in [1.82, 2.24) is 4.98 Å². The maximum atomic E-state index is 13.6. The first-order chi connectivity index (χ1) is 7.11. The van der Waals surface area contributed by atoms with Crippen LogP contribution < -0.4 is 5.73 Å². The quantitative estimate of drug-likeness (QED) is 0.809. The van der Waals surface area contributed by atoms with E-state index in [1.165, 1.54) is 6.07 Å². The van der Waals surface area contributed by atoms with E-state index in [0.29, 0.717) is 27.2 Å². The lowest BCUT2D eigenvalue weighted by Gasteiger charge is -2.05. The molecule has 2 aromatic rings. The zero-order valence-electron chi connectivity index (χ0n) is 8.22. The fourth-order valence-electron chi connectivity index (χ4n) is 1.54. The lowest BCUT2D eigenvalue weighted by atomic mass is 10.1. The molecule has 0 radical (unpaired) electrons. The van der Waals surface area contributed by atoms with Gasteiger partial charge >= 0.3 is 0 Å². The van der Waals surface area contributed by atoms with Crippen LogP contribution in [0.3, 0.4) is 0 Å². The second-order valence-corrected chi connectivity index (χ2v) is 3.83. The fraction of sp³-hybridized carbons (Fsp3) is 0.182. The molecule has 0 spiro atoms. The van der Waals surface area contributed by atoms with Crippen LogP contribution in [0.2, 0.25) is 5.02 Å². The minimum absolute atomic E-state index is 0.289. The van der Waals surface area contributed by atoms with Crippen molar-refractivity contribution in [3.63, 3.8) is 0 Å². The number of aromatic nitrogens is 1. The van der Waals surface area contributed by atoms with Gasteiger partial charge in [-0.1, -0.05) is 11.6 Å². The van der Waals surface area contributed by atoms with Crippen molar-refractivity contribution in [2.24, 2.45) is 5.73 Å². The van der Waals surface area contributed by atoms with Crippen LogP contribution in [0.25, 0.3) is 10.9 Å². The monoisotopic (exact) mass is 224 g/mol. The first-order valence-corrected chi connectivity index (χ1v) is 4.95. The van der Waals surface area contributed by atoms with Gasteiger partial charge in [0.05, 0.1) is 5.02 Å². The Hall–Kier alpha value is -1.19. The van der Waals surface area contributed by atoms with Crippen LogP contribution in [0.15, 0.2) is 18.2 Å². The molecule has 78 valence electrons. The van der Waals surface area contributed by atoms with Gasteiger partial charge in [0.25, 0.3) is 0 Å². The van der Waals surface area contributed by atoms with Gasteiger partial charge in [0.15, 0.2) is 0 Å². The molecule has 0 aliphatic rings. The summed E-state index contributed by atoms with van der Waals surface area (Å²) in [5, 5.41) is 1.12. The highest BCUT2D eigenvalue weighted by Crippen LogP contribution is 2.26. The summed E-state index contributed by atoms with van der Waals surface area (Å²) in [5.41, 5.74) is 7.18. The molecule has 2 nitrogen and oxygen atoms in total. The molecule has 0 saturated carbocycles. The summed E-state index contributed by atoms with van der Waals surface area (Å²) in [6.07, 6.45) is 0. The molecule has 0 aliphatic carbocycles. The second kappa shape index (κ2) is 3.76. The number of hydrogen-bond acceptors (Lipinski definition) is 2. The normalized spacial score (nSPS) is 10.9. The summed E-state index contributed by atoms with van der Waals surface area (Å²) >= 11 is 6.02. The Morgan fingerprint density at radius 2 is 2.13 bits per heavy atom. The molecule has 0 aliphatic heterocycles. The first-order valence-electron chi connectivity index (χ1n) is 4.57. The third-order valence-corrected chi connectivity index (χ3v) is 2.55. The van der Waals surface area contributed by atoms with Crippen molar-refractivity contribution >= 4 is 22.5 Å². The third-order valence-electron chi connectivity index (χ3n) is 2.24. The van der Waals surface area contributed by atoms with Gasteiger partial charge in [-0.15, -0.1) is 0 Å². The molecule has 4 heteroatoms. The van der Waals surface area contributed by atoms with E-state index in [0.717, 1.165) is 0 Å². The second-order valence-electron chi connectivity index (χ2n) is 3.42. The van der Waals surface area contributed by atoms with Gasteiger partial charge in [-0.3, -0.25) is 0 Å². The van der Waals surface area contributed by atoms with Crippen LogP contribution in [0.1, 0.15) is 11.3 Å². The van der Waals surface area contributed by atoms with Gasteiger partial charge in [-0.25, -0.2) is 9.37 Å². The van der Waals surface area contributed by atoms with Crippen LogP contribution in [-0.4, -0.2) is 4.98 Å². The Morgan fingerprint density at radius 1 is 1.40 bits per heavy atom. The van der Waals surface area contributed by atoms with Crippen molar-refractivity contribution in [3.05, 3.63) is 40.3 Å². The largest absolute Gasteiger partial charge is 0.326 e. The molecule has 0 saturated heterocycles. The van der Waals surface area contributed by atoms with E-state index in [-0.39, 0.29) is 12.4 Å². The summed E-state index contributed by atoms with van der Waals surface area (Å²) in [5.74, 6) is -0.376. The zero-order valence-corrected chi connectivity index (χ0v) is 8.98. The summed E-state index contributed by atoms with van der Waals surface area (Å²) in [6.45, 7) is 2.07. The van der Waals surface area contributed by atoms with Crippen LogP contribution in [0.4, 0.5) is 4.39 Å². The predicted octanol–water partition coefficient (Wildman–Crippen LogP) is 2.79. The summed E-state index contributed by atoms with van der Waals surface area (Å²) in [4.78, 5) is 4.11. The number of pyridine rings is 1. The SMILES string of the molecule is Cc1cc(Cl)c2cc(CN)cc(F)c2n1. The Labute approximate surface area is 91.9 Å². The Balaban J connectivity index is 2.85. The smallest absolute Gasteiger partial charge is 0.149 e. The highest BCUT2D eigenvalue weighted by molar-refractivity contribution is 6.35. The number of nitrogens with two attached hydrogens (primary N) is 1. The van der Waals surface area contributed by atoms with Crippen LogP contribution >= 0.6 is 11.6 Å². The Bertz CT molecular complexity index is 525. The van der Waals surface area contributed by atoms with E-state index in [4.69, 9.17) is 17.3 Å². The highest BCUT2D eigenvalue weighted by atomic mass is 35.5. The van der Waals surface area contributed by atoms with Crippen LogP contribution in [0, 0.1) is 12.7 Å². The van der Waals surface area contributed by atoms with Crippen molar-refractivity contribution in [2.75, 3.05) is 0 Å². The van der Waals surface area contributed by atoms with Gasteiger partial charge in [0, 0.05) is 17.6 Å². The minimum Gasteiger partial charge on any atom is -0.326 e. The van der Waals surface area contributed by atoms with E-state index >= 15 is 0 Å². The molecule has 0 atom stereocenters. The molecular formula is C11H10ClFN2. The van der Waals surface area contributed by atoms with E-state index in [1.54, 1.807) is 19.1 Å². The lowest BCUT2D eigenvalue weighted by Crippen LogP contribution is -1.98. The molecule has 1 aromatic heterocycles. The molecule has 15 heavy (non-hydrogen) atoms. The van der Waals surface area contributed by atoms with Gasteiger partial charge < -0.3 is 5.73 Å². The van der Waals surface area contributed by atoms with Crippen molar-refractivity contribution in [2.45, 2.75) is 13.5 Å². The molecule has 2 rings (SSSR count). The average Bonchev–Trinajstić information content (AvgIpc) is 2.19. The minimum atomic E-state index is -0.376. The number of benzene rings is 1. The summed E-state index contributed by atoms with van der Waals surface area (Å²) < 4.78 is 13.6. The van der Waals surface area contributed by atoms with Gasteiger partial charge in [0.1, 0.15) is 11.3 Å². The molecule has 0 bridgehead atoms. The molecule has 0 unspecified atom stereocenters. The number of nitrogens with zero attached hydrogens (tertiary/aromatic N) is 1. The number of halogens is 2. The third kappa shape index (κ3) is 1.80. The van der Waals surface area contributed by atoms with Gasteiger partial charge in [0.2, 0.25) is 0 Å². The molecule has 0 amide bonds. The fourth-order valence-corrected chi connectivity index (χ4v) is 1.84. The predicted molar refractivity (Wildman–Crippen MR) is 59.3 cm³/mol. The Morgan fingerprint density at radius 3 is 2.80 bits per heavy atom. The zero-order chi connectivity index (χ0) is 11.0. The van der Waals surface area contributed by atoms with E-state index < -0.39 is 0 Å². The molecule has 1 aromatic carbocycles. The van der Waals surface area contributed by atoms with E-state index in [9.17, 15) is 4.39 Å². The van der Waals surface area contributed by atoms with Crippen molar-refractivity contribution in [3.8, 4) is 0 Å². The van der Waals surface area contributed by atoms with E-state index in [2.05, 4.69) is 4.98 Å². The van der Waals surface area contributed by atoms with Crippen LogP contribution in [-0.2, 0) is 6.54 Å². The van der Waals surface area contributed by atoms with Gasteiger partial charge in [-0.05, 0) is 30.7 Å². The summed E-state index contributed by atoms with van der Waals surface area (Å²) in [6, 6.07) is 4.88. The van der Waals surface area contributed by atoms with Crippen molar-refractivity contribution < 1.29 is 4.39 Å². The molecule has 2 N–H and O–H groups in total. The standard InChI is InChI=1S/C11H10ClFN2/c1-6-2-9(12)8-3-7(5-14)4-10(13)11(8)15-6/h2-4H,5,14H2,1H3.